The number of rotatable bonds is 5. The summed E-state index contributed by atoms with van der Waals surface area (Å²) < 4.78 is 6.79. The number of benzene rings is 1. The highest BCUT2D eigenvalue weighted by Gasteiger charge is 2.14. The van der Waals surface area contributed by atoms with Crippen molar-refractivity contribution in [3.05, 3.63) is 80.9 Å². The largest absolute Gasteiger partial charge is 0.495 e. The Bertz CT molecular complexity index is 914. The third-order valence-electron chi connectivity index (χ3n) is 3.49. The van der Waals surface area contributed by atoms with E-state index in [9.17, 15) is 9.59 Å². The number of carbonyl (C=O) groups is 1. The molecule has 0 fully saturated rings. The van der Waals surface area contributed by atoms with Crippen LogP contribution in [0, 0.1) is 0 Å². The van der Waals surface area contributed by atoms with Gasteiger partial charge < -0.3 is 14.6 Å². The molecule has 5 nitrogen and oxygen atoms in total. The summed E-state index contributed by atoms with van der Waals surface area (Å²) in [6, 6.07) is 14.3. The zero-order valence-electron chi connectivity index (χ0n) is 13.1. The van der Waals surface area contributed by atoms with Gasteiger partial charge in [0.15, 0.2) is 0 Å². The average molecular weight is 340 g/mol. The van der Waals surface area contributed by atoms with Gasteiger partial charge >= 0.3 is 0 Å². The van der Waals surface area contributed by atoms with E-state index in [1.54, 1.807) is 22.9 Å². The molecule has 0 aliphatic rings. The molecule has 2 aromatic heterocycles. The van der Waals surface area contributed by atoms with Crippen LogP contribution in [-0.2, 0) is 6.54 Å². The number of hydrogen-bond acceptors (Lipinski definition) is 4. The van der Waals surface area contributed by atoms with Crippen LogP contribution in [0.5, 0.6) is 5.75 Å². The average Bonchev–Trinajstić information content (AvgIpc) is 3.06. The summed E-state index contributed by atoms with van der Waals surface area (Å²) in [5, 5.41) is 4.68. The van der Waals surface area contributed by atoms with Crippen LogP contribution >= 0.6 is 11.3 Å². The monoisotopic (exact) mass is 340 g/mol. The van der Waals surface area contributed by atoms with Gasteiger partial charge in [0.05, 0.1) is 13.7 Å². The number of anilines is 1. The molecular formula is C18H16N2O3S. The highest BCUT2D eigenvalue weighted by atomic mass is 32.1. The molecule has 2 heterocycles. The fourth-order valence-corrected chi connectivity index (χ4v) is 3.10. The van der Waals surface area contributed by atoms with Crippen molar-refractivity contribution in [3.8, 4) is 5.75 Å². The Kier molecular flexibility index (Phi) is 4.77. The first-order valence-electron chi connectivity index (χ1n) is 7.34. The number of amides is 1. The quantitative estimate of drug-likeness (QED) is 0.776. The lowest BCUT2D eigenvalue weighted by molar-refractivity contribution is 0.102. The topological polar surface area (TPSA) is 60.3 Å². The third-order valence-corrected chi connectivity index (χ3v) is 4.39. The minimum absolute atomic E-state index is 0.0599. The molecule has 0 bridgehead atoms. The van der Waals surface area contributed by atoms with Crippen LogP contribution in [0.2, 0.25) is 0 Å². The first-order valence-corrected chi connectivity index (χ1v) is 8.22. The van der Waals surface area contributed by atoms with Crippen molar-refractivity contribution in [1.29, 1.82) is 0 Å². The number of thiophene rings is 1. The Labute approximate surface area is 143 Å². The van der Waals surface area contributed by atoms with Crippen molar-refractivity contribution in [1.82, 2.24) is 4.57 Å². The number of ether oxygens (including phenoxy) is 1. The van der Waals surface area contributed by atoms with Gasteiger partial charge in [-0.15, -0.1) is 11.3 Å². The van der Waals surface area contributed by atoms with Crippen molar-refractivity contribution in [2.24, 2.45) is 0 Å². The SMILES string of the molecule is COc1ccsc1C(=O)Nc1cccc(Cn2ccccc2=O)c1. The molecule has 122 valence electrons. The van der Waals surface area contributed by atoms with Crippen LogP contribution in [0.4, 0.5) is 5.69 Å². The Hall–Kier alpha value is -2.86. The van der Waals surface area contributed by atoms with E-state index in [4.69, 9.17) is 4.74 Å². The van der Waals surface area contributed by atoms with Crippen molar-refractivity contribution < 1.29 is 9.53 Å². The molecule has 0 saturated heterocycles. The van der Waals surface area contributed by atoms with Gasteiger partial charge in [-0.1, -0.05) is 18.2 Å². The molecule has 1 amide bonds. The minimum atomic E-state index is -0.212. The second kappa shape index (κ2) is 7.14. The van der Waals surface area contributed by atoms with E-state index in [-0.39, 0.29) is 11.5 Å². The summed E-state index contributed by atoms with van der Waals surface area (Å²) >= 11 is 1.33. The van der Waals surface area contributed by atoms with Crippen molar-refractivity contribution in [2.45, 2.75) is 6.54 Å². The Morgan fingerprint density at radius 1 is 1.21 bits per heavy atom. The summed E-state index contributed by atoms with van der Waals surface area (Å²) in [5.41, 5.74) is 1.55. The van der Waals surface area contributed by atoms with E-state index in [2.05, 4.69) is 5.32 Å². The molecule has 6 heteroatoms. The molecule has 1 aromatic carbocycles. The van der Waals surface area contributed by atoms with Crippen LogP contribution in [0.3, 0.4) is 0 Å². The zero-order valence-corrected chi connectivity index (χ0v) is 13.9. The number of nitrogens with zero attached hydrogens (tertiary/aromatic N) is 1. The van der Waals surface area contributed by atoms with Gasteiger partial charge in [0.25, 0.3) is 11.5 Å². The molecule has 0 atom stereocenters. The fourth-order valence-electron chi connectivity index (χ4n) is 2.35. The minimum Gasteiger partial charge on any atom is -0.495 e. The number of methoxy groups -OCH3 is 1. The molecular weight excluding hydrogens is 324 g/mol. The number of carbonyl (C=O) groups excluding carboxylic acids is 1. The first kappa shape index (κ1) is 16.0. The summed E-state index contributed by atoms with van der Waals surface area (Å²) in [6.07, 6.45) is 1.74. The molecule has 0 aliphatic heterocycles. The van der Waals surface area contributed by atoms with Gasteiger partial charge in [-0.25, -0.2) is 0 Å². The van der Waals surface area contributed by atoms with Gasteiger partial charge in [0.1, 0.15) is 10.6 Å². The van der Waals surface area contributed by atoms with Crippen molar-refractivity contribution in [2.75, 3.05) is 12.4 Å². The Morgan fingerprint density at radius 2 is 2.08 bits per heavy atom. The predicted molar refractivity (Wildman–Crippen MR) is 95.1 cm³/mol. The summed E-state index contributed by atoms with van der Waals surface area (Å²) in [7, 11) is 1.54. The van der Waals surface area contributed by atoms with E-state index in [0.717, 1.165) is 5.56 Å². The maximum Gasteiger partial charge on any atom is 0.269 e. The molecule has 3 rings (SSSR count). The fraction of sp³-hybridized carbons (Fsp3) is 0.111. The van der Waals surface area contributed by atoms with E-state index in [1.165, 1.54) is 24.5 Å². The third kappa shape index (κ3) is 3.55. The number of pyridine rings is 1. The van der Waals surface area contributed by atoms with Crippen LogP contribution in [0.1, 0.15) is 15.2 Å². The predicted octanol–water partition coefficient (Wildman–Crippen LogP) is 3.22. The lowest BCUT2D eigenvalue weighted by Crippen LogP contribution is -2.18. The van der Waals surface area contributed by atoms with Crippen LogP contribution < -0.4 is 15.6 Å². The molecule has 1 N–H and O–H groups in total. The van der Waals surface area contributed by atoms with Crippen molar-refractivity contribution >= 4 is 22.9 Å². The first-order chi connectivity index (χ1) is 11.7. The summed E-state index contributed by atoms with van der Waals surface area (Å²) in [5.74, 6) is 0.348. The summed E-state index contributed by atoms with van der Waals surface area (Å²) in [6.45, 7) is 0.450. The second-order valence-corrected chi connectivity index (χ2v) is 6.06. The number of hydrogen-bond donors (Lipinski definition) is 1. The van der Waals surface area contributed by atoms with Gasteiger partial charge in [0, 0.05) is 18.0 Å². The van der Waals surface area contributed by atoms with Gasteiger partial charge in [-0.2, -0.15) is 0 Å². The lowest BCUT2D eigenvalue weighted by atomic mass is 10.2. The van der Waals surface area contributed by atoms with Gasteiger partial charge in [0.2, 0.25) is 0 Å². The maximum atomic E-state index is 12.3. The summed E-state index contributed by atoms with van der Waals surface area (Å²) in [4.78, 5) is 24.7. The zero-order chi connectivity index (χ0) is 16.9. The number of aromatic nitrogens is 1. The highest BCUT2D eigenvalue weighted by molar-refractivity contribution is 7.12. The molecule has 24 heavy (non-hydrogen) atoms. The highest BCUT2D eigenvalue weighted by Crippen LogP contribution is 2.25. The number of nitrogens with one attached hydrogen (secondary N) is 1. The molecule has 0 saturated carbocycles. The molecule has 0 unspecified atom stereocenters. The molecule has 0 spiro atoms. The maximum absolute atomic E-state index is 12.3. The van der Waals surface area contributed by atoms with Gasteiger partial charge in [-0.05, 0) is 35.2 Å². The standard InChI is InChI=1S/C18H16N2O3S/c1-23-15-8-10-24-17(15)18(22)19-14-6-4-5-13(11-14)12-20-9-3-2-7-16(20)21/h2-11H,12H2,1H3,(H,19,22). The van der Waals surface area contributed by atoms with Crippen LogP contribution in [0.25, 0.3) is 0 Å². The smallest absolute Gasteiger partial charge is 0.269 e. The van der Waals surface area contributed by atoms with Crippen LogP contribution in [0.15, 0.2) is 64.9 Å². The van der Waals surface area contributed by atoms with E-state index in [0.29, 0.717) is 22.9 Å². The van der Waals surface area contributed by atoms with Crippen LogP contribution in [-0.4, -0.2) is 17.6 Å². The van der Waals surface area contributed by atoms with E-state index in [1.807, 2.05) is 35.7 Å². The molecule has 3 aromatic rings. The Balaban J connectivity index is 1.77. The second-order valence-electron chi connectivity index (χ2n) is 5.14. The molecule has 0 aliphatic carbocycles. The van der Waals surface area contributed by atoms with Crippen molar-refractivity contribution in [3.63, 3.8) is 0 Å². The van der Waals surface area contributed by atoms with E-state index < -0.39 is 0 Å². The van der Waals surface area contributed by atoms with Gasteiger partial charge in [-0.3, -0.25) is 9.59 Å². The Morgan fingerprint density at radius 3 is 2.88 bits per heavy atom. The van der Waals surface area contributed by atoms with E-state index >= 15 is 0 Å². The normalized spacial score (nSPS) is 10.4. The molecule has 0 radical (unpaired) electrons. The lowest BCUT2D eigenvalue weighted by Gasteiger charge is -2.09.